The number of benzene rings is 1. The fourth-order valence-corrected chi connectivity index (χ4v) is 3.14. The van der Waals surface area contributed by atoms with E-state index < -0.39 is 0 Å². The predicted molar refractivity (Wildman–Crippen MR) is 95.4 cm³/mol. The van der Waals surface area contributed by atoms with Crippen molar-refractivity contribution in [1.29, 1.82) is 0 Å². The summed E-state index contributed by atoms with van der Waals surface area (Å²) in [7, 11) is 0. The molecule has 0 aliphatic heterocycles. The number of furan rings is 1. The molecule has 0 aliphatic carbocycles. The number of rotatable bonds is 4. The Morgan fingerprint density at radius 2 is 1.83 bits per heavy atom. The molecule has 1 aromatic carbocycles. The van der Waals surface area contributed by atoms with Crippen LogP contribution in [0.5, 0.6) is 0 Å². The van der Waals surface area contributed by atoms with E-state index in [0.717, 1.165) is 11.3 Å². The fourth-order valence-electron chi connectivity index (χ4n) is 1.88. The van der Waals surface area contributed by atoms with Crippen molar-refractivity contribution < 1.29 is 14.0 Å². The number of nitrogens with one attached hydrogen (secondary N) is 2. The molecule has 3 aromatic rings. The van der Waals surface area contributed by atoms with Gasteiger partial charge in [0, 0.05) is 5.02 Å². The summed E-state index contributed by atoms with van der Waals surface area (Å²) in [6, 6.07) is 11.2. The second kappa shape index (κ2) is 7.09. The van der Waals surface area contributed by atoms with Gasteiger partial charge in [-0.2, -0.15) is 0 Å². The molecule has 0 spiro atoms. The maximum absolute atomic E-state index is 12.3. The van der Waals surface area contributed by atoms with Crippen LogP contribution in [0.3, 0.4) is 0 Å². The van der Waals surface area contributed by atoms with E-state index in [2.05, 4.69) is 10.6 Å². The SMILES string of the molecule is O=C(Nc1ccc(C(=O)Nc2ccc(Cl)cc2Cl)s1)c1ccco1. The summed E-state index contributed by atoms with van der Waals surface area (Å²) in [6.45, 7) is 0. The van der Waals surface area contributed by atoms with E-state index in [1.54, 1.807) is 42.5 Å². The summed E-state index contributed by atoms with van der Waals surface area (Å²) in [4.78, 5) is 24.6. The zero-order chi connectivity index (χ0) is 17.1. The molecule has 3 rings (SSSR count). The van der Waals surface area contributed by atoms with Gasteiger partial charge in [0.05, 0.1) is 26.9 Å². The second-order valence-electron chi connectivity index (χ2n) is 4.67. The number of thiophene rings is 1. The van der Waals surface area contributed by atoms with Crippen LogP contribution in [0.2, 0.25) is 10.0 Å². The molecule has 0 atom stereocenters. The van der Waals surface area contributed by atoms with E-state index in [9.17, 15) is 9.59 Å². The van der Waals surface area contributed by atoms with Crippen LogP contribution in [0.25, 0.3) is 0 Å². The third-order valence-electron chi connectivity index (χ3n) is 2.99. The molecule has 2 aromatic heterocycles. The van der Waals surface area contributed by atoms with Crippen LogP contribution in [-0.4, -0.2) is 11.8 Å². The summed E-state index contributed by atoms with van der Waals surface area (Å²) >= 11 is 13.0. The molecule has 8 heteroatoms. The number of carbonyl (C=O) groups is 2. The van der Waals surface area contributed by atoms with E-state index in [1.807, 2.05) is 0 Å². The van der Waals surface area contributed by atoms with Gasteiger partial charge in [0.25, 0.3) is 11.8 Å². The minimum Gasteiger partial charge on any atom is -0.459 e. The van der Waals surface area contributed by atoms with Crippen molar-refractivity contribution in [3.8, 4) is 0 Å². The van der Waals surface area contributed by atoms with Gasteiger partial charge in [0.1, 0.15) is 0 Å². The molecular weight excluding hydrogens is 371 g/mol. The number of halogens is 2. The highest BCUT2D eigenvalue weighted by Gasteiger charge is 2.14. The van der Waals surface area contributed by atoms with Gasteiger partial charge in [-0.15, -0.1) is 11.3 Å². The molecule has 0 unspecified atom stereocenters. The summed E-state index contributed by atoms with van der Waals surface area (Å²) < 4.78 is 5.01. The smallest absolute Gasteiger partial charge is 0.291 e. The van der Waals surface area contributed by atoms with Gasteiger partial charge in [0.15, 0.2) is 5.76 Å². The summed E-state index contributed by atoms with van der Waals surface area (Å²) in [5.41, 5.74) is 0.459. The number of carbonyl (C=O) groups excluding carboxylic acids is 2. The highest BCUT2D eigenvalue weighted by molar-refractivity contribution is 7.18. The summed E-state index contributed by atoms with van der Waals surface area (Å²) in [6.07, 6.45) is 1.41. The molecule has 122 valence electrons. The zero-order valence-electron chi connectivity index (χ0n) is 12.0. The van der Waals surface area contributed by atoms with Crippen LogP contribution in [0, 0.1) is 0 Å². The van der Waals surface area contributed by atoms with E-state index in [-0.39, 0.29) is 17.6 Å². The Bertz CT molecular complexity index is 891. The van der Waals surface area contributed by atoms with Gasteiger partial charge < -0.3 is 15.1 Å². The van der Waals surface area contributed by atoms with Gasteiger partial charge >= 0.3 is 0 Å². The number of amides is 2. The molecule has 0 saturated carbocycles. The van der Waals surface area contributed by atoms with Crippen LogP contribution in [0.1, 0.15) is 20.2 Å². The Balaban J connectivity index is 1.68. The van der Waals surface area contributed by atoms with Crippen molar-refractivity contribution in [3.63, 3.8) is 0 Å². The molecule has 2 heterocycles. The van der Waals surface area contributed by atoms with Crippen LogP contribution >= 0.6 is 34.5 Å². The molecule has 24 heavy (non-hydrogen) atoms. The Kier molecular flexibility index (Phi) is 4.89. The van der Waals surface area contributed by atoms with Crippen molar-refractivity contribution >= 4 is 57.0 Å². The highest BCUT2D eigenvalue weighted by Crippen LogP contribution is 2.28. The summed E-state index contributed by atoms with van der Waals surface area (Å²) in [5, 5.41) is 6.72. The van der Waals surface area contributed by atoms with E-state index in [4.69, 9.17) is 27.6 Å². The third-order valence-corrected chi connectivity index (χ3v) is 4.54. The standard InChI is InChI=1S/C16H10Cl2N2O3S/c17-9-3-4-11(10(18)8-9)19-16(22)13-5-6-14(24-13)20-15(21)12-2-1-7-23-12/h1-8H,(H,19,22)(H,20,21). The van der Waals surface area contributed by atoms with Crippen LogP contribution < -0.4 is 10.6 Å². The number of hydrogen-bond acceptors (Lipinski definition) is 4. The zero-order valence-corrected chi connectivity index (χ0v) is 14.3. The van der Waals surface area contributed by atoms with Gasteiger partial charge in [-0.1, -0.05) is 23.2 Å². The molecule has 0 fully saturated rings. The minimum atomic E-state index is -0.380. The molecule has 0 saturated heterocycles. The average molecular weight is 381 g/mol. The Labute approximate surface area is 151 Å². The Morgan fingerprint density at radius 3 is 2.54 bits per heavy atom. The molecule has 2 N–H and O–H groups in total. The first kappa shape index (κ1) is 16.6. The highest BCUT2D eigenvalue weighted by atomic mass is 35.5. The lowest BCUT2D eigenvalue weighted by atomic mass is 10.3. The maximum Gasteiger partial charge on any atom is 0.291 e. The Morgan fingerprint density at radius 1 is 1.00 bits per heavy atom. The lowest BCUT2D eigenvalue weighted by Gasteiger charge is -2.06. The molecular formula is C16H10Cl2N2O3S. The normalized spacial score (nSPS) is 10.4. The topological polar surface area (TPSA) is 71.3 Å². The second-order valence-corrected chi connectivity index (χ2v) is 6.60. The van der Waals surface area contributed by atoms with Crippen LogP contribution in [-0.2, 0) is 0 Å². The van der Waals surface area contributed by atoms with Crippen molar-refractivity contribution in [2.45, 2.75) is 0 Å². The first-order valence-electron chi connectivity index (χ1n) is 6.74. The van der Waals surface area contributed by atoms with Crippen molar-refractivity contribution in [3.05, 3.63) is 69.4 Å². The lowest BCUT2D eigenvalue weighted by Crippen LogP contribution is -2.11. The van der Waals surface area contributed by atoms with Gasteiger partial charge in [-0.3, -0.25) is 9.59 Å². The molecule has 0 bridgehead atoms. The quantitative estimate of drug-likeness (QED) is 0.656. The maximum atomic E-state index is 12.3. The minimum absolute atomic E-state index is 0.197. The first-order valence-corrected chi connectivity index (χ1v) is 8.31. The van der Waals surface area contributed by atoms with Gasteiger partial charge in [-0.25, -0.2) is 0 Å². The monoisotopic (exact) mass is 380 g/mol. The average Bonchev–Trinajstić information content (AvgIpc) is 3.21. The van der Waals surface area contributed by atoms with Crippen LogP contribution in [0.15, 0.2) is 53.1 Å². The predicted octanol–water partition coefficient (Wildman–Crippen LogP) is 5.15. The fraction of sp³-hybridized carbons (Fsp3) is 0. The van der Waals surface area contributed by atoms with E-state index in [1.165, 1.54) is 6.26 Å². The first-order chi connectivity index (χ1) is 11.5. The van der Waals surface area contributed by atoms with E-state index >= 15 is 0 Å². The van der Waals surface area contributed by atoms with E-state index in [0.29, 0.717) is 25.6 Å². The van der Waals surface area contributed by atoms with Crippen molar-refractivity contribution in [2.24, 2.45) is 0 Å². The summed E-state index contributed by atoms with van der Waals surface area (Å²) in [5.74, 6) is -0.514. The molecule has 5 nitrogen and oxygen atoms in total. The van der Waals surface area contributed by atoms with Crippen molar-refractivity contribution in [1.82, 2.24) is 0 Å². The van der Waals surface area contributed by atoms with Gasteiger partial charge in [-0.05, 0) is 42.5 Å². The molecule has 0 aliphatic rings. The Hall–Kier alpha value is -2.28. The number of hydrogen-bond donors (Lipinski definition) is 2. The van der Waals surface area contributed by atoms with Crippen molar-refractivity contribution in [2.75, 3.05) is 10.6 Å². The third kappa shape index (κ3) is 3.79. The molecule has 2 amide bonds. The molecule has 0 radical (unpaired) electrons. The lowest BCUT2D eigenvalue weighted by molar-refractivity contribution is 0.0995. The largest absolute Gasteiger partial charge is 0.459 e. The number of anilines is 2. The van der Waals surface area contributed by atoms with Gasteiger partial charge in [0.2, 0.25) is 0 Å². The van der Waals surface area contributed by atoms with Crippen LogP contribution in [0.4, 0.5) is 10.7 Å².